The first-order valence-corrected chi connectivity index (χ1v) is 12.1. The van der Waals surface area contributed by atoms with E-state index in [0.29, 0.717) is 63.4 Å². The van der Waals surface area contributed by atoms with E-state index < -0.39 is 14.6 Å². The number of hydrogen-bond acceptors (Lipinski definition) is 5. The highest BCUT2D eigenvalue weighted by atomic mass is 35.5. The molecule has 1 saturated carbocycles. The van der Waals surface area contributed by atoms with Crippen LogP contribution < -0.4 is 5.32 Å². The van der Waals surface area contributed by atoms with Crippen LogP contribution in [0.5, 0.6) is 0 Å². The molecule has 0 spiro atoms. The molecule has 1 saturated heterocycles. The number of nitrogens with zero attached hydrogens (tertiary/aromatic N) is 2. The minimum atomic E-state index is -3.85. The minimum Gasteiger partial charge on any atom is -0.352 e. The molecule has 30 heavy (non-hydrogen) atoms. The maximum Gasteiger partial charge on any atom is 0.244 e. The van der Waals surface area contributed by atoms with E-state index in [4.69, 9.17) is 11.6 Å². The molecule has 0 radical (unpaired) electrons. The second-order valence-corrected chi connectivity index (χ2v) is 10.5. The van der Waals surface area contributed by atoms with Crippen LogP contribution in [0.1, 0.15) is 25.7 Å². The van der Waals surface area contributed by atoms with Gasteiger partial charge in [-0.2, -0.15) is 0 Å². The number of rotatable bonds is 7. The van der Waals surface area contributed by atoms with Crippen LogP contribution in [0.4, 0.5) is 0 Å². The Hall–Kier alpha value is -1.90. The molecule has 7 nitrogen and oxygen atoms in total. The molecule has 2 aliphatic rings. The Bertz CT molecular complexity index is 887. The van der Waals surface area contributed by atoms with Gasteiger partial charge in [-0.1, -0.05) is 30.5 Å². The number of benzene rings is 1. The molecule has 1 aromatic carbocycles. The third kappa shape index (κ3) is 4.55. The number of nitrogens with one attached hydrogen (secondary N) is 1. The summed E-state index contributed by atoms with van der Waals surface area (Å²) in [4.78, 5) is 29.1. The molecule has 1 aliphatic heterocycles. The summed E-state index contributed by atoms with van der Waals surface area (Å²) in [6, 6.07) is 6.03. The summed E-state index contributed by atoms with van der Waals surface area (Å²) in [6.07, 6.45) is 3.71. The monoisotopic (exact) mass is 453 g/mol. The van der Waals surface area contributed by atoms with E-state index in [9.17, 15) is 18.0 Å². The van der Waals surface area contributed by atoms with Crippen molar-refractivity contribution in [1.29, 1.82) is 0 Å². The average Bonchev–Trinajstić information content (AvgIpc) is 3.24. The van der Waals surface area contributed by atoms with Gasteiger partial charge in [0.1, 0.15) is 0 Å². The molecule has 2 fully saturated rings. The van der Waals surface area contributed by atoms with Gasteiger partial charge in [-0.15, -0.1) is 6.58 Å². The van der Waals surface area contributed by atoms with Crippen LogP contribution in [0.25, 0.3) is 0 Å². The fraction of sp³-hybridized carbons (Fsp3) is 0.524. The number of halogens is 1. The molecule has 1 aromatic rings. The van der Waals surface area contributed by atoms with Gasteiger partial charge >= 0.3 is 0 Å². The lowest BCUT2D eigenvalue weighted by atomic mass is 10.0. The van der Waals surface area contributed by atoms with E-state index in [-0.39, 0.29) is 23.3 Å². The van der Waals surface area contributed by atoms with Crippen molar-refractivity contribution in [2.24, 2.45) is 0 Å². The van der Waals surface area contributed by atoms with Gasteiger partial charge in [0.25, 0.3) is 0 Å². The Morgan fingerprint density at radius 2 is 1.70 bits per heavy atom. The third-order valence-electron chi connectivity index (χ3n) is 5.91. The number of piperazine rings is 1. The fourth-order valence-electron chi connectivity index (χ4n) is 4.23. The smallest absolute Gasteiger partial charge is 0.244 e. The SMILES string of the molecule is C=CCNC(=O)CN1CCN(C(=O)C2(S(=O)(=O)c3ccc(Cl)cc3)CCCC2)CC1. The molecular weight excluding hydrogens is 426 g/mol. The molecule has 2 amide bonds. The molecule has 9 heteroatoms. The van der Waals surface area contributed by atoms with Crippen LogP contribution in [-0.2, 0) is 19.4 Å². The van der Waals surface area contributed by atoms with Gasteiger partial charge in [0.2, 0.25) is 11.8 Å². The van der Waals surface area contributed by atoms with Crippen LogP contribution in [0.15, 0.2) is 41.8 Å². The van der Waals surface area contributed by atoms with Crippen molar-refractivity contribution >= 4 is 33.3 Å². The van der Waals surface area contributed by atoms with Gasteiger partial charge in [0, 0.05) is 37.7 Å². The Balaban J connectivity index is 1.72. The van der Waals surface area contributed by atoms with E-state index in [0.717, 1.165) is 0 Å². The highest BCUT2D eigenvalue weighted by molar-refractivity contribution is 7.93. The molecule has 1 heterocycles. The standard InChI is InChI=1S/C21H28ClN3O4S/c1-2-11-23-19(26)16-24-12-14-25(15-13-24)20(27)21(9-3-4-10-21)30(28,29)18-7-5-17(22)6-8-18/h2,5-8H,1,3-4,9-16H2,(H,23,26). The summed E-state index contributed by atoms with van der Waals surface area (Å²) in [5, 5.41) is 3.19. The number of hydrogen-bond donors (Lipinski definition) is 1. The Kier molecular flexibility index (Phi) is 7.21. The van der Waals surface area contributed by atoms with Crippen molar-refractivity contribution in [2.45, 2.75) is 35.3 Å². The van der Waals surface area contributed by atoms with Gasteiger partial charge in [0.05, 0.1) is 11.4 Å². The number of amides is 2. The summed E-state index contributed by atoms with van der Waals surface area (Å²) in [5.74, 6) is -0.405. The number of sulfone groups is 1. The zero-order chi connectivity index (χ0) is 21.8. The summed E-state index contributed by atoms with van der Waals surface area (Å²) in [7, 11) is -3.85. The van der Waals surface area contributed by atoms with Crippen molar-refractivity contribution in [2.75, 3.05) is 39.3 Å². The van der Waals surface area contributed by atoms with E-state index in [2.05, 4.69) is 11.9 Å². The zero-order valence-corrected chi connectivity index (χ0v) is 18.6. The van der Waals surface area contributed by atoms with Crippen LogP contribution >= 0.6 is 11.6 Å². The van der Waals surface area contributed by atoms with Gasteiger partial charge in [-0.3, -0.25) is 14.5 Å². The predicted molar refractivity (Wildman–Crippen MR) is 116 cm³/mol. The van der Waals surface area contributed by atoms with Crippen LogP contribution in [-0.4, -0.2) is 74.0 Å². The van der Waals surface area contributed by atoms with E-state index in [1.807, 2.05) is 4.90 Å². The summed E-state index contributed by atoms with van der Waals surface area (Å²) in [5.41, 5.74) is 0. The van der Waals surface area contributed by atoms with Crippen molar-refractivity contribution in [1.82, 2.24) is 15.1 Å². The van der Waals surface area contributed by atoms with Crippen LogP contribution in [0.2, 0.25) is 5.02 Å². The summed E-state index contributed by atoms with van der Waals surface area (Å²) in [6.45, 7) is 6.12. The highest BCUT2D eigenvalue weighted by Gasteiger charge is 2.54. The fourth-order valence-corrected chi connectivity index (χ4v) is 6.48. The van der Waals surface area contributed by atoms with Crippen molar-refractivity contribution in [3.8, 4) is 0 Å². The predicted octanol–water partition coefficient (Wildman–Crippen LogP) is 1.87. The molecule has 0 bridgehead atoms. The quantitative estimate of drug-likeness (QED) is 0.637. The van der Waals surface area contributed by atoms with E-state index >= 15 is 0 Å². The summed E-state index contributed by atoms with van der Waals surface area (Å²) < 4.78 is 25.6. The van der Waals surface area contributed by atoms with Gasteiger partial charge in [-0.05, 0) is 37.1 Å². The molecule has 3 rings (SSSR count). The average molecular weight is 454 g/mol. The highest BCUT2D eigenvalue weighted by Crippen LogP contribution is 2.42. The lowest BCUT2D eigenvalue weighted by molar-refractivity contribution is -0.136. The van der Waals surface area contributed by atoms with Crippen LogP contribution in [0, 0.1) is 0 Å². The van der Waals surface area contributed by atoms with E-state index in [1.54, 1.807) is 11.0 Å². The minimum absolute atomic E-state index is 0.0905. The number of carbonyl (C=O) groups is 2. The molecule has 0 unspecified atom stereocenters. The number of carbonyl (C=O) groups excluding carboxylic acids is 2. The lowest BCUT2D eigenvalue weighted by Crippen LogP contribution is -2.58. The first-order chi connectivity index (χ1) is 14.3. The Morgan fingerprint density at radius 1 is 1.10 bits per heavy atom. The molecule has 1 N–H and O–H groups in total. The molecule has 1 aliphatic carbocycles. The summed E-state index contributed by atoms with van der Waals surface area (Å²) >= 11 is 5.91. The Labute approximate surface area is 183 Å². The topological polar surface area (TPSA) is 86.8 Å². The van der Waals surface area contributed by atoms with Gasteiger partial charge in [0.15, 0.2) is 14.6 Å². The maximum absolute atomic E-state index is 13.5. The molecule has 164 valence electrons. The van der Waals surface area contributed by atoms with Crippen molar-refractivity contribution < 1.29 is 18.0 Å². The van der Waals surface area contributed by atoms with Gasteiger partial charge < -0.3 is 10.2 Å². The van der Waals surface area contributed by atoms with Gasteiger partial charge in [-0.25, -0.2) is 8.42 Å². The van der Waals surface area contributed by atoms with Crippen molar-refractivity contribution in [3.63, 3.8) is 0 Å². The van der Waals surface area contributed by atoms with E-state index in [1.165, 1.54) is 24.3 Å². The molecular formula is C21H28ClN3O4S. The molecule has 0 atom stereocenters. The lowest BCUT2D eigenvalue weighted by Gasteiger charge is -2.39. The normalized spacial score (nSPS) is 19.4. The Morgan fingerprint density at radius 3 is 2.27 bits per heavy atom. The largest absolute Gasteiger partial charge is 0.352 e. The maximum atomic E-state index is 13.5. The third-order valence-corrected chi connectivity index (χ3v) is 8.67. The second kappa shape index (κ2) is 9.49. The zero-order valence-electron chi connectivity index (χ0n) is 17.0. The van der Waals surface area contributed by atoms with Crippen LogP contribution in [0.3, 0.4) is 0 Å². The first-order valence-electron chi connectivity index (χ1n) is 10.2. The van der Waals surface area contributed by atoms with Crippen molar-refractivity contribution in [3.05, 3.63) is 41.9 Å². The first kappa shape index (κ1) is 22.8. The second-order valence-electron chi connectivity index (χ2n) is 7.82. The molecule has 0 aromatic heterocycles.